The van der Waals surface area contributed by atoms with Crippen LogP contribution in [0.2, 0.25) is 5.02 Å². The van der Waals surface area contributed by atoms with E-state index in [4.69, 9.17) is 30.8 Å². The van der Waals surface area contributed by atoms with E-state index in [0.717, 1.165) is 45.9 Å². The molecule has 34 heavy (non-hydrogen) atoms. The summed E-state index contributed by atoms with van der Waals surface area (Å²) < 4.78 is 16.7. The summed E-state index contributed by atoms with van der Waals surface area (Å²) in [5.41, 5.74) is 5.48. The molecule has 6 nitrogen and oxygen atoms in total. The molecular weight excluding hydrogens is 470 g/mol. The van der Waals surface area contributed by atoms with Crippen LogP contribution in [0.25, 0.3) is 11.1 Å². The number of likely N-dealkylation sites (N-methyl/N-ethyl adjacent to an activating group) is 1. The third-order valence-corrected chi connectivity index (χ3v) is 7.16. The van der Waals surface area contributed by atoms with Crippen LogP contribution in [0.4, 0.5) is 0 Å². The Morgan fingerprint density at radius 2 is 1.76 bits per heavy atom. The molecule has 4 rings (SSSR count). The Balaban J connectivity index is 1.88. The summed E-state index contributed by atoms with van der Waals surface area (Å²) in [6.45, 7) is 1.63. The summed E-state index contributed by atoms with van der Waals surface area (Å²) in [7, 11) is 6.84. The standard InChI is InChI=1S/C26H26ClN3O3S/c1-30-10-9-21-20(14-30)24(17-11-22(31-2)25(33-4)23(12-17)32-3)19(13-28)26(29-21)34-15-16-5-7-18(27)8-6-16/h5-8,11-12H,9-10,14-15H2,1-4H3. The van der Waals surface area contributed by atoms with Crippen molar-refractivity contribution < 1.29 is 14.2 Å². The smallest absolute Gasteiger partial charge is 0.203 e. The minimum Gasteiger partial charge on any atom is -0.493 e. The first-order valence-electron chi connectivity index (χ1n) is 10.8. The van der Waals surface area contributed by atoms with Gasteiger partial charge in [0.15, 0.2) is 11.5 Å². The van der Waals surface area contributed by atoms with Gasteiger partial charge in [0, 0.05) is 41.5 Å². The maximum Gasteiger partial charge on any atom is 0.203 e. The second-order valence-electron chi connectivity index (χ2n) is 8.02. The summed E-state index contributed by atoms with van der Waals surface area (Å²) in [6.07, 6.45) is 0.823. The fourth-order valence-corrected chi connectivity index (χ4v) is 5.24. The lowest BCUT2D eigenvalue weighted by Gasteiger charge is -2.28. The monoisotopic (exact) mass is 495 g/mol. The molecule has 1 aliphatic heterocycles. The fourth-order valence-electron chi connectivity index (χ4n) is 4.16. The van der Waals surface area contributed by atoms with E-state index in [1.165, 1.54) is 0 Å². The number of hydrogen-bond acceptors (Lipinski definition) is 7. The molecule has 0 bridgehead atoms. The molecule has 0 atom stereocenters. The zero-order valence-corrected chi connectivity index (χ0v) is 21.2. The summed E-state index contributed by atoms with van der Waals surface area (Å²) in [6, 6.07) is 14.0. The Bertz CT molecular complexity index is 1220. The van der Waals surface area contributed by atoms with Crippen molar-refractivity contribution in [1.82, 2.24) is 9.88 Å². The highest BCUT2D eigenvalue weighted by Crippen LogP contribution is 2.45. The summed E-state index contributed by atoms with van der Waals surface area (Å²) in [5.74, 6) is 2.30. The van der Waals surface area contributed by atoms with Gasteiger partial charge >= 0.3 is 0 Å². The van der Waals surface area contributed by atoms with Gasteiger partial charge in [0.1, 0.15) is 11.1 Å². The maximum absolute atomic E-state index is 10.3. The SMILES string of the molecule is COc1cc(-c2c(C#N)c(SCc3ccc(Cl)cc3)nc3c2CN(C)CC3)cc(OC)c1OC. The van der Waals surface area contributed by atoms with E-state index in [-0.39, 0.29) is 0 Å². The molecule has 0 amide bonds. The summed E-state index contributed by atoms with van der Waals surface area (Å²) >= 11 is 7.59. The number of benzene rings is 2. The summed E-state index contributed by atoms with van der Waals surface area (Å²) in [5, 5.41) is 11.7. The number of hydrogen-bond donors (Lipinski definition) is 0. The fraction of sp³-hybridized carbons (Fsp3) is 0.308. The number of nitriles is 1. The predicted molar refractivity (Wildman–Crippen MR) is 135 cm³/mol. The number of rotatable bonds is 7. The van der Waals surface area contributed by atoms with E-state index in [2.05, 4.69) is 18.0 Å². The van der Waals surface area contributed by atoms with Crippen molar-refractivity contribution >= 4 is 23.4 Å². The Kier molecular flexibility index (Phi) is 7.52. The molecule has 0 saturated heterocycles. The van der Waals surface area contributed by atoms with Crippen molar-refractivity contribution in [2.75, 3.05) is 34.9 Å². The average molecular weight is 496 g/mol. The predicted octanol–water partition coefficient (Wildman–Crippen LogP) is 5.58. The molecule has 0 aliphatic carbocycles. The van der Waals surface area contributed by atoms with Gasteiger partial charge in [0.25, 0.3) is 0 Å². The van der Waals surface area contributed by atoms with Crippen LogP contribution in [0.1, 0.15) is 22.4 Å². The van der Waals surface area contributed by atoms with E-state index in [1.807, 2.05) is 36.4 Å². The molecule has 2 heterocycles. The van der Waals surface area contributed by atoms with Crippen LogP contribution >= 0.6 is 23.4 Å². The quantitative estimate of drug-likeness (QED) is 0.396. The van der Waals surface area contributed by atoms with Gasteiger partial charge in [0.05, 0.1) is 26.9 Å². The lowest BCUT2D eigenvalue weighted by atomic mass is 9.91. The molecule has 0 saturated carbocycles. The lowest BCUT2D eigenvalue weighted by Crippen LogP contribution is -2.28. The summed E-state index contributed by atoms with van der Waals surface area (Å²) in [4.78, 5) is 7.20. The molecule has 1 aliphatic rings. The highest BCUT2D eigenvalue weighted by Gasteiger charge is 2.26. The van der Waals surface area contributed by atoms with Crippen LogP contribution in [0.15, 0.2) is 41.4 Å². The molecule has 0 spiro atoms. The third-order valence-electron chi connectivity index (χ3n) is 5.86. The largest absolute Gasteiger partial charge is 0.493 e. The second kappa shape index (κ2) is 10.6. The van der Waals surface area contributed by atoms with Crippen LogP contribution < -0.4 is 14.2 Å². The molecule has 0 unspecified atom stereocenters. The van der Waals surface area contributed by atoms with Crippen LogP contribution in [-0.2, 0) is 18.7 Å². The average Bonchev–Trinajstić information content (AvgIpc) is 2.86. The molecule has 8 heteroatoms. The van der Waals surface area contributed by atoms with Gasteiger partial charge in [-0.1, -0.05) is 23.7 Å². The van der Waals surface area contributed by atoms with E-state index >= 15 is 0 Å². The Labute approximate surface area is 209 Å². The van der Waals surface area contributed by atoms with Gasteiger partial charge in [0.2, 0.25) is 5.75 Å². The molecule has 176 valence electrons. The van der Waals surface area contributed by atoms with Crippen molar-refractivity contribution in [1.29, 1.82) is 5.26 Å². The van der Waals surface area contributed by atoms with Crippen LogP contribution in [0.5, 0.6) is 17.2 Å². The van der Waals surface area contributed by atoms with E-state index < -0.39 is 0 Å². The first-order valence-corrected chi connectivity index (χ1v) is 12.2. The minimum atomic E-state index is 0.518. The topological polar surface area (TPSA) is 67.6 Å². The maximum atomic E-state index is 10.3. The number of nitrogens with zero attached hydrogens (tertiary/aromatic N) is 3. The zero-order chi connectivity index (χ0) is 24.2. The van der Waals surface area contributed by atoms with Gasteiger partial charge in [-0.25, -0.2) is 4.98 Å². The van der Waals surface area contributed by atoms with Crippen molar-refractivity contribution in [2.45, 2.75) is 23.7 Å². The van der Waals surface area contributed by atoms with Crippen molar-refractivity contribution in [2.24, 2.45) is 0 Å². The van der Waals surface area contributed by atoms with E-state index in [1.54, 1.807) is 33.1 Å². The van der Waals surface area contributed by atoms with Crippen LogP contribution in [-0.4, -0.2) is 44.8 Å². The molecule has 0 fully saturated rings. The normalized spacial score (nSPS) is 13.2. The van der Waals surface area contributed by atoms with Gasteiger partial charge < -0.3 is 19.1 Å². The zero-order valence-electron chi connectivity index (χ0n) is 19.6. The van der Waals surface area contributed by atoms with Crippen molar-refractivity contribution in [3.63, 3.8) is 0 Å². The van der Waals surface area contributed by atoms with Crippen molar-refractivity contribution in [3.05, 3.63) is 63.8 Å². The van der Waals surface area contributed by atoms with Gasteiger partial charge in [-0.15, -0.1) is 11.8 Å². The van der Waals surface area contributed by atoms with Gasteiger partial charge in [-0.05, 0) is 48.0 Å². The number of thioether (sulfide) groups is 1. The number of methoxy groups -OCH3 is 3. The van der Waals surface area contributed by atoms with Gasteiger partial charge in [-0.2, -0.15) is 5.26 Å². The first-order chi connectivity index (χ1) is 16.5. The van der Waals surface area contributed by atoms with Crippen molar-refractivity contribution in [3.8, 4) is 34.4 Å². The second-order valence-corrected chi connectivity index (χ2v) is 9.42. The molecule has 0 radical (unpaired) electrons. The third kappa shape index (κ3) is 4.80. The molecule has 2 aromatic carbocycles. The first kappa shape index (κ1) is 24.2. The Hall–Kier alpha value is -2.92. The molecule has 3 aromatic rings. The van der Waals surface area contributed by atoms with Gasteiger partial charge in [-0.3, -0.25) is 0 Å². The Morgan fingerprint density at radius 1 is 1.09 bits per heavy atom. The number of fused-ring (bicyclic) bond motifs is 1. The number of pyridine rings is 1. The highest BCUT2D eigenvalue weighted by molar-refractivity contribution is 7.98. The van der Waals surface area contributed by atoms with Crippen LogP contribution in [0, 0.1) is 11.3 Å². The minimum absolute atomic E-state index is 0.518. The highest BCUT2D eigenvalue weighted by atomic mass is 35.5. The number of aromatic nitrogens is 1. The molecule has 1 aromatic heterocycles. The molecule has 0 N–H and O–H groups in total. The van der Waals surface area contributed by atoms with Crippen LogP contribution in [0.3, 0.4) is 0 Å². The lowest BCUT2D eigenvalue weighted by molar-refractivity contribution is 0.309. The molecular formula is C26H26ClN3O3S. The number of ether oxygens (including phenoxy) is 3. The number of halogens is 1. The van der Waals surface area contributed by atoms with E-state index in [0.29, 0.717) is 40.1 Å². The van der Waals surface area contributed by atoms with E-state index in [9.17, 15) is 5.26 Å². The Morgan fingerprint density at radius 3 is 2.35 bits per heavy atom.